The third-order valence-corrected chi connectivity index (χ3v) is 4.90. The molecule has 2 nitrogen and oxygen atoms in total. The highest BCUT2D eigenvalue weighted by Crippen LogP contribution is 2.23. The van der Waals surface area contributed by atoms with E-state index in [0.29, 0.717) is 6.04 Å². The van der Waals surface area contributed by atoms with Crippen LogP contribution in [0.3, 0.4) is 0 Å². The van der Waals surface area contributed by atoms with Crippen molar-refractivity contribution in [3.05, 3.63) is 0 Å². The van der Waals surface area contributed by atoms with Gasteiger partial charge in [-0.15, -0.1) is 0 Å². The van der Waals surface area contributed by atoms with E-state index in [4.69, 9.17) is 0 Å². The van der Waals surface area contributed by atoms with Gasteiger partial charge in [-0.2, -0.15) is 0 Å². The zero-order valence-corrected chi connectivity index (χ0v) is 11.8. The lowest BCUT2D eigenvalue weighted by molar-refractivity contribution is 0.142. The van der Waals surface area contributed by atoms with Crippen LogP contribution in [-0.2, 0) is 0 Å². The van der Waals surface area contributed by atoms with Gasteiger partial charge in [0.2, 0.25) is 0 Å². The summed E-state index contributed by atoms with van der Waals surface area (Å²) in [6, 6.07) is 2.36. The molecule has 100 valence electrons. The summed E-state index contributed by atoms with van der Waals surface area (Å²) in [4.78, 5) is 2.63. The van der Waals surface area contributed by atoms with Crippen molar-refractivity contribution in [1.82, 2.24) is 10.2 Å². The minimum atomic E-state index is 0.693. The summed E-state index contributed by atoms with van der Waals surface area (Å²) in [7, 11) is 2.33. The summed E-state index contributed by atoms with van der Waals surface area (Å²) in [6.07, 6.45) is 12.9. The number of hydrogen-bond acceptors (Lipinski definition) is 2. The van der Waals surface area contributed by atoms with Gasteiger partial charge in [0.25, 0.3) is 0 Å². The highest BCUT2D eigenvalue weighted by molar-refractivity contribution is 4.80. The van der Waals surface area contributed by atoms with Crippen LogP contribution in [0.4, 0.5) is 0 Å². The molecule has 2 rings (SSSR count). The molecule has 2 aliphatic carbocycles. The average Bonchev–Trinajstić information content (AvgIpc) is 2.89. The van der Waals surface area contributed by atoms with Crippen LogP contribution >= 0.6 is 0 Å². The smallest absolute Gasteiger partial charge is 0.0192 e. The Morgan fingerprint density at radius 2 is 1.59 bits per heavy atom. The van der Waals surface area contributed by atoms with Crippen molar-refractivity contribution in [2.45, 2.75) is 82.8 Å². The number of hydrogen-bond donors (Lipinski definition) is 1. The number of nitrogens with zero attached hydrogens (tertiary/aromatic N) is 1. The van der Waals surface area contributed by atoms with Gasteiger partial charge in [-0.1, -0.05) is 32.1 Å². The normalized spacial score (nSPS) is 25.6. The van der Waals surface area contributed by atoms with E-state index in [1.165, 1.54) is 64.3 Å². The average molecular weight is 238 g/mol. The molecule has 2 aliphatic rings. The molecule has 2 heteroatoms. The highest BCUT2D eigenvalue weighted by atomic mass is 15.2. The third-order valence-electron chi connectivity index (χ3n) is 4.90. The molecular formula is C15H30N2. The monoisotopic (exact) mass is 238 g/mol. The van der Waals surface area contributed by atoms with E-state index in [9.17, 15) is 0 Å². The van der Waals surface area contributed by atoms with Crippen LogP contribution < -0.4 is 5.32 Å². The summed E-state index contributed by atoms with van der Waals surface area (Å²) in [5.74, 6) is 0. The van der Waals surface area contributed by atoms with E-state index in [-0.39, 0.29) is 0 Å². The summed E-state index contributed by atoms with van der Waals surface area (Å²) >= 11 is 0. The van der Waals surface area contributed by atoms with Gasteiger partial charge in [-0.25, -0.2) is 0 Å². The molecule has 0 aliphatic heterocycles. The quantitative estimate of drug-likeness (QED) is 0.791. The number of rotatable bonds is 5. The number of nitrogens with one attached hydrogen (secondary N) is 1. The number of likely N-dealkylation sites (N-methyl/N-ethyl adjacent to an activating group) is 1. The first-order chi connectivity index (χ1) is 8.27. The maximum atomic E-state index is 3.76. The van der Waals surface area contributed by atoms with Crippen LogP contribution in [0, 0.1) is 0 Å². The largest absolute Gasteiger partial charge is 0.312 e. The van der Waals surface area contributed by atoms with Gasteiger partial charge in [0, 0.05) is 24.7 Å². The Morgan fingerprint density at radius 3 is 2.24 bits per heavy atom. The summed E-state index contributed by atoms with van der Waals surface area (Å²) in [6.45, 7) is 3.56. The Hall–Kier alpha value is -0.0800. The van der Waals surface area contributed by atoms with E-state index in [1.54, 1.807) is 0 Å². The van der Waals surface area contributed by atoms with Gasteiger partial charge in [0.15, 0.2) is 0 Å². The maximum absolute atomic E-state index is 3.76. The Balaban J connectivity index is 1.68. The van der Waals surface area contributed by atoms with Crippen LogP contribution in [0.1, 0.15) is 64.7 Å². The van der Waals surface area contributed by atoms with Crippen LogP contribution in [-0.4, -0.2) is 36.6 Å². The van der Waals surface area contributed by atoms with Gasteiger partial charge in [-0.05, 0) is 39.7 Å². The minimum Gasteiger partial charge on any atom is -0.312 e. The molecule has 0 amide bonds. The van der Waals surface area contributed by atoms with Crippen molar-refractivity contribution in [2.75, 3.05) is 13.6 Å². The Bertz CT molecular complexity index is 205. The second-order valence-electron chi connectivity index (χ2n) is 6.20. The van der Waals surface area contributed by atoms with Crippen molar-refractivity contribution in [1.29, 1.82) is 0 Å². The van der Waals surface area contributed by atoms with E-state index >= 15 is 0 Å². The molecule has 17 heavy (non-hydrogen) atoms. The molecule has 0 bridgehead atoms. The first-order valence-electron chi connectivity index (χ1n) is 7.72. The molecule has 0 heterocycles. The van der Waals surface area contributed by atoms with Crippen molar-refractivity contribution < 1.29 is 0 Å². The summed E-state index contributed by atoms with van der Waals surface area (Å²) in [5, 5.41) is 3.76. The molecule has 0 aromatic heterocycles. The minimum absolute atomic E-state index is 0.693. The molecule has 2 fully saturated rings. The zero-order valence-electron chi connectivity index (χ0n) is 11.8. The van der Waals surface area contributed by atoms with Gasteiger partial charge >= 0.3 is 0 Å². The van der Waals surface area contributed by atoms with Crippen molar-refractivity contribution in [2.24, 2.45) is 0 Å². The predicted octanol–water partition coefficient (Wildman–Crippen LogP) is 3.17. The van der Waals surface area contributed by atoms with Crippen LogP contribution in [0.2, 0.25) is 0 Å². The molecule has 0 aromatic rings. The van der Waals surface area contributed by atoms with Gasteiger partial charge < -0.3 is 5.32 Å². The van der Waals surface area contributed by atoms with E-state index in [1.807, 2.05) is 0 Å². The second-order valence-corrected chi connectivity index (χ2v) is 6.20. The van der Waals surface area contributed by atoms with Crippen LogP contribution in [0.5, 0.6) is 0 Å². The highest BCUT2D eigenvalue weighted by Gasteiger charge is 2.22. The van der Waals surface area contributed by atoms with Crippen LogP contribution in [0.25, 0.3) is 0 Å². The van der Waals surface area contributed by atoms with E-state index in [2.05, 4.69) is 24.2 Å². The molecular weight excluding hydrogens is 208 g/mol. The first-order valence-corrected chi connectivity index (χ1v) is 7.72. The fourth-order valence-electron chi connectivity index (χ4n) is 3.46. The molecule has 2 saturated carbocycles. The van der Waals surface area contributed by atoms with E-state index < -0.39 is 0 Å². The standard InChI is InChI=1S/C15H30N2/c1-13(12-16-14-8-6-7-9-14)17(2)15-10-4-3-5-11-15/h13-16H,3-12H2,1-2H3. The van der Waals surface area contributed by atoms with Gasteiger partial charge in [0.1, 0.15) is 0 Å². The first kappa shape index (κ1) is 13.4. The fourth-order valence-corrected chi connectivity index (χ4v) is 3.46. The molecule has 1 atom stereocenters. The van der Waals surface area contributed by atoms with E-state index in [0.717, 1.165) is 12.1 Å². The Kier molecular flexibility index (Phi) is 5.30. The molecule has 0 saturated heterocycles. The lowest BCUT2D eigenvalue weighted by atomic mass is 9.93. The van der Waals surface area contributed by atoms with Gasteiger partial charge in [0.05, 0.1) is 0 Å². The molecule has 0 aromatic carbocycles. The fraction of sp³-hybridized carbons (Fsp3) is 1.00. The SMILES string of the molecule is CC(CNC1CCCC1)N(C)C1CCCCC1. The third kappa shape index (κ3) is 3.96. The Labute approximate surface area is 107 Å². The predicted molar refractivity (Wildman–Crippen MR) is 74.4 cm³/mol. The summed E-state index contributed by atoms with van der Waals surface area (Å²) < 4.78 is 0. The maximum Gasteiger partial charge on any atom is 0.0192 e. The van der Waals surface area contributed by atoms with Crippen molar-refractivity contribution in [3.63, 3.8) is 0 Å². The Morgan fingerprint density at radius 1 is 1.00 bits per heavy atom. The molecule has 0 spiro atoms. The topological polar surface area (TPSA) is 15.3 Å². The molecule has 0 radical (unpaired) electrons. The molecule has 1 N–H and O–H groups in total. The summed E-state index contributed by atoms with van der Waals surface area (Å²) in [5.41, 5.74) is 0. The lowest BCUT2D eigenvalue weighted by Crippen LogP contribution is -2.46. The molecule has 1 unspecified atom stereocenters. The van der Waals surface area contributed by atoms with Gasteiger partial charge in [-0.3, -0.25) is 4.90 Å². The lowest BCUT2D eigenvalue weighted by Gasteiger charge is -2.36. The van der Waals surface area contributed by atoms with Crippen LogP contribution in [0.15, 0.2) is 0 Å². The van der Waals surface area contributed by atoms with Crippen molar-refractivity contribution in [3.8, 4) is 0 Å². The van der Waals surface area contributed by atoms with Crippen molar-refractivity contribution >= 4 is 0 Å². The second kappa shape index (κ2) is 6.75. The zero-order chi connectivity index (χ0) is 12.1.